The highest BCUT2D eigenvalue weighted by atomic mass is 16.1. The van der Waals surface area contributed by atoms with Crippen LogP contribution in [0, 0.1) is 0 Å². The molecule has 1 aromatic heterocycles. The number of aldehydes is 1. The van der Waals surface area contributed by atoms with Crippen LogP contribution < -0.4 is 5.32 Å². The molecule has 0 aromatic carbocycles. The van der Waals surface area contributed by atoms with E-state index in [1.54, 1.807) is 6.20 Å². The second-order valence-corrected chi connectivity index (χ2v) is 4.66. The van der Waals surface area contributed by atoms with Crippen LogP contribution in [0.15, 0.2) is 12.4 Å². The maximum absolute atomic E-state index is 10.5. The minimum Gasteiger partial charge on any atom is -0.366 e. The highest BCUT2D eigenvalue weighted by molar-refractivity contribution is 5.71. The molecule has 1 atom stereocenters. The quantitative estimate of drug-likeness (QED) is 0.693. The molecular formula is C14H24N4O. The van der Waals surface area contributed by atoms with Gasteiger partial charge in [-0.2, -0.15) is 0 Å². The summed E-state index contributed by atoms with van der Waals surface area (Å²) in [6.07, 6.45) is 6.04. The third-order valence-corrected chi connectivity index (χ3v) is 3.19. The zero-order chi connectivity index (χ0) is 14.1. The number of carbonyl (C=O) groups is 1. The van der Waals surface area contributed by atoms with Crippen LogP contribution in [0.3, 0.4) is 0 Å². The van der Waals surface area contributed by atoms with Crippen LogP contribution >= 0.6 is 0 Å². The first kappa shape index (κ1) is 15.6. The molecule has 0 bridgehead atoms. The fourth-order valence-electron chi connectivity index (χ4n) is 1.96. The molecule has 5 heteroatoms. The number of rotatable bonds is 9. The van der Waals surface area contributed by atoms with Gasteiger partial charge < -0.3 is 10.2 Å². The van der Waals surface area contributed by atoms with Crippen molar-refractivity contribution < 1.29 is 4.79 Å². The van der Waals surface area contributed by atoms with E-state index in [9.17, 15) is 4.79 Å². The summed E-state index contributed by atoms with van der Waals surface area (Å²) in [4.78, 5) is 21.0. The fourth-order valence-corrected chi connectivity index (χ4v) is 1.96. The van der Waals surface area contributed by atoms with E-state index in [4.69, 9.17) is 0 Å². The predicted octanol–water partition coefficient (Wildman–Crippen LogP) is 2.21. The number of carbonyl (C=O) groups excluding carboxylic acids is 1. The summed E-state index contributed by atoms with van der Waals surface area (Å²) >= 11 is 0. The van der Waals surface area contributed by atoms with Gasteiger partial charge in [0.1, 0.15) is 11.5 Å². The van der Waals surface area contributed by atoms with Gasteiger partial charge in [-0.3, -0.25) is 4.79 Å². The van der Waals surface area contributed by atoms with E-state index in [1.807, 2.05) is 0 Å². The lowest BCUT2D eigenvalue weighted by molar-refractivity contribution is 0.111. The van der Waals surface area contributed by atoms with Gasteiger partial charge in [0.15, 0.2) is 6.29 Å². The molecule has 0 saturated carbocycles. The number of aromatic nitrogens is 2. The zero-order valence-electron chi connectivity index (χ0n) is 12.1. The summed E-state index contributed by atoms with van der Waals surface area (Å²) in [6.45, 7) is 9.87. The highest BCUT2D eigenvalue weighted by Gasteiger charge is 2.05. The molecule has 19 heavy (non-hydrogen) atoms. The summed E-state index contributed by atoms with van der Waals surface area (Å²) in [5.74, 6) is 0.723. The number of anilines is 1. The maximum atomic E-state index is 10.5. The Morgan fingerprint density at radius 2 is 2.05 bits per heavy atom. The molecule has 1 unspecified atom stereocenters. The van der Waals surface area contributed by atoms with Gasteiger partial charge in [-0.15, -0.1) is 0 Å². The molecule has 0 amide bonds. The first-order valence-corrected chi connectivity index (χ1v) is 6.95. The minimum atomic E-state index is 0.354. The van der Waals surface area contributed by atoms with Crippen molar-refractivity contribution in [2.24, 2.45) is 0 Å². The van der Waals surface area contributed by atoms with E-state index in [-0.39, 0.29) is 0 Å². The Bertz CT molecular complexity index is 362. The Balaban J connectivity index is 2.29. The van der Waals surface area contributed by atoms with Crippen LogP contribution in [0.1, 0.15) is 44.1 Å². The van der Waals surface area contributed by atoms with E-state index < -0.39 is 0 Å². The molecule has 1 aromatic rings. The molecule has 1 rings (SSSR count). The van der Waals surface area contributed by atoms with E-state index >= 15 is 0 Å². The van der Waals surface area contributed by atoms with Crippen molar-refractivity contribution in [1.29, 1.82) is 0 Å². The van der Waals surface area contributed by atoms with Crippen molar-refractivity contribution in [1.82, 2.24) is 14.9 Å². The van der Waals surface area contributed by atoms with Gasteiger partial charge in [-0.1, -0.05) is 13.8 Å². The molecule has 0 radical (unpaired) electrons. The molecule has 5 nitrogen and oxygen atoms in total. The van der Waals surface area contributed by atoms with Gasteiger partial charge in [0, 0.05) is 6.04 Å². The number of hydrogen-bond acceptors (Lipinski definition) is 5. The first-order chi connectivity index (χ1) is 9.19. The Morgan fingerprint density at radius 1 is 1.32 bits per heavy atom. The third-order valence-electron chi connectivity index (χ3n) is 3.19. The maximum Gasteiger partial charge on any atom is 0.170 e. The molecule has 1 N–H and O–H groups in total. The van der Waals surface area contributed by atoms with Crippen LogP contribution in [0.5, 0.6) is 0 Å². The Kier molecular flexibility index (Phi) is 7.03. The average Bonchev–Trinajstić information content (AvgIpc) is 2.44. The lowest BCUT2D eigenvalue weighted by Crippen LogP contribution is -2.25. The predicted molar refractivity (Wildman–Crippen MR) is 77.5 cm³/mol. The minimum absolute atomic E-state index is 0.354. The standard InChI is InChI=1S/C14H24N4O/c1-4-18(5-2)8-6-7-12(3)17-14-10-15-13(11-19)9-16-14/h9-12H,4-8H2,1-3H3,(H,16,17). The van der Waals surface area contributed by atoms with Crippen LogP contribution in [0.2, 0.25) is 0 Å². The molecule has 0 aliphatic heterocycles. The lowest BCUT2D eigenvalue weighted by atomic mass is 10.2. The van der Waals surface area contributed by atoms with Crippen molar-refractivity contribution in [3.63, 3.8) is 0 Å². The van der Waals surface area contributed by atoms with Crippen LogP contribution in [0.25, 0.3) is 0 Å². The molecular weight excluding hydrogens is 240 g/mol. The second-order valence-electron chi connectivity index (χ2n) is 4.66. The Labute approximate surface area is 115 Å². The van der Waals surface area contributed by atoms with Crippen molar-refractivity contribution in [3.8, 4) is 0 Å². The van der Waals surface area contributed by atoms with Crippen molar-refractivity contribution in [3.05, 3.63) is 18.1 Å². The summed E-state index contributed by atoms with van der Waals surface area (Å²) in [7, 11) is 0. The number of nitrogens with one attached hydrogen (secondary N) is 1. The molecule has 0 aliphatic rings. The lowest BCUT2D eigenvalue weighted by Gasteiger charge is -2.19. The molecule has 1 heterocycles. The summed E-state index contributed by atoms with van der Waals surface area (Å²) in [5.41, 5.74) is 0.361. The van der Waals surface area contributed by atoms with Gasteiger partial charge in [0.25, 0.3) is 0 Å². The normalized spacial score (nSPS) is 12.4. The summed E-state index contributed by atoms with van der Waals surface area (Å²) in [6, 6.07) is 0.354. The smallest absolute Gasteiger partial charge is 0.170 e. The summed E-state index contributed by atoms with van der Waals surface area (Å²) in [5, 5.41) is 3.29. The molecule has 0 aliphatic carbocycles. The van der Waals surface area contributed by atoms with Gasteiger partial charge in [-0.25, -0.2) is 9.97 Å². The monoisotopic (exact) mass is 264 g/mol. The number of hydrogen-bond donors (Lipinski definition) is 1. The zero-order valence-corrected chi connectivity index (χ0v) is 12.1. The van der Waals surface area contributed by atoms with Crippen LogP contribution in [-0.4, -0.2) is 46.8 Å². The molecule has 106 valence electrons. The Hall–Kier alpha value is -1.49. The largest absolute Gasteiger partial charge is 0.366 e. The molecule has 0 saturated heterocycles. The van der Waals surface area contributed by atoms with Crippen molar-refractivity contribution >= 4 is 12.1 Å². The van der Waals surface area contributed by atoms with Gasteiger partial charge in [0.2, 0.25) is 0 Å². The Morgan fingerprint density at radius 3 is 2.58 bits per heavy atom. The highest BCUT2D eigenvalue weighted by Crippen LogP contribution is 2.07. The molecule has 0 spiro atoms. The van der Waals surface area contributed by atoms with Gasteiger partial charge in [0.05, 0.1) is 12.4 Å². The van der Waals surface area contributed by atoms with Crippen LogP contribution in [0.4, 0.5) is 5.82 Å². The molecule has 0 fully saturated rings. The summed E-state index contributed by atoms with van der Waals surface area (Å²) < 4.78 is 0. The van der Waals surface area contributed by atoms with E-state index in [1.165, 1.54) is 6.20 Å². The van der Waals surface area contributed by atoms with E-state index in [0.717, 1.165) is 38.3 Å². The van der Waals surface area contributed by atoms with Crippen molar-refractivity contribution in [2.75, 3.05) is 25.0 Å². The average molecular weight is 264 g/mol. The van der Waals surface area contributed by atoms with E-state index in [2.05, 4.69) is 41.0 Å². The second kappa shape index (κ2) is 8.58. The third kappa shape index (κ3) is 5.79. The first-order valence-electron chi connectivity index (χ1n) is 6.95. The van der Waals surface area contributed by atoms with Crippen molar-refractivity contribution in [2.45, 2.75) is 39.7 Å². The number of nitrogens with zero attached hydrogens (tertiary/aromatic N) is 3. The van der Waals surface area contributed by atoms with Gasteiger partial charge in [-0.05, 0) is 39.4 Å². The van der Waals surface area contributed by atoms with E-state index in [0.29, 0.717) is 18.0 Å². The van der Waals surface area contributed by atoms with Gasteiger partial charge >= 0.3 is 0 Å². The van der Waals surface area contributed by atoms with Crippen LogP contribution in [-0.2, 0) is 0 Å². The fraction of sp³-hybridized carbons (Fsp3) is 0.643. The topological polar surface area (TPSA) is 58.1 Å². The SMILES string of the molecule is CCN(CC)CCCC(C)Nc1cnc(C=O)cn1.